The number of rotatable bonds is 6. The topological polar surface area (TPSA) is 51.7 Å². The summed E-state index contributed by atoms with van der Waals surface area (Å²) in [5.74, 6) is -2.79. The second kappa shape index (κ2) is 9.42. The summed E-state index contributed by atoms with van der Waals surface area (Å²) in [6, 6.07) is 2.98. The van der Waals surface area contributed by atoms with Crippen LogP contribution in [0.5, 0.6) is 11.5 Å². The van der Waals surface area contributed by atoms with Crippen molar-refractivity contribution in [1.29, 1.82) is 0 Å². The van der Waals surface area contributed by atoms with Gasteiger partial charge in [-0.15, -0.1) is 11.3 Å². The number of thiazole rings is 1. The third-order valence-electron chi connectivity index (χ3n) is 5.21. The molecule has 170 valence electrons. The standard InChI is InChI=1S/C21H24F4N2O3S/c1-12-4-5-17(30-14(3)28)18(22)19(12)29-11-8-16-13(2)31-20(26-16)27-9-6-15(7-10-27)21(23,24)25/h4-5,15H,6-11H2,1-3H3. The van der Waals surface area contributed by atoms with Gasteiger partial charge in [-0.25, -0.2) is 4.98 Å². The third kappa shape index (κ3) is 5.66. The van der Waals surface area contributed by atoms with Crippen molar-refractivity contribution in [2.75, 3.05) is 24.6 Å². The molecule has 10 heteroatoms. The quantitative estimate of drug-likeness (QED) is 0.336. The lowest BCUT2D eigenvalue weighted by molar-refractivity contribution is -0.179. The fourth-order valence-corrected chi connectivity index (χ4v) is 4.48. The van der Waals surface area contributed by atoms with E-state index in [1.54, 1.807) is 13.0 Å². The number of alkyl halides is 3. The smallest absolute Gasteiger partial charge is 0.391 e. The molecule has 2 heterocycles. The number of carbonyl (C=O) groups excluding carboxylic acids is 1. The van der Waals surface area contributed by atoms with Crippen molar-refractivity contribution in [3.8, 4) is 11.5 Å². The lowest BCUT2D eigenvalue weighted by atomic mass is 9.97. The Bertz CT molecular complexity index is 937. The average molecular weight is 460 g/mol. The Balaban J connectivity index is 1.60. The number of hydrogen-bond acceptors (Lipinski definition) is 6. The molecule has 0 spiro atoms. The highest BCUT2D eigenvalue weighted by Crippen LogP contribution is 2.37. The van der Waals surface area contributed by atoms with Gasteiger partial charge in [-0.3, -0.25) is 4.79 Å². The zero-order valence-electron chi connectivity index (χ0n) is 17.5. The van der Waals surface area contributed by atoms with E-state index in [4.69, 9.17) is 9.47 Å². The van der Waals surface area contributed by atoms with E-state index in [2.05, 4.69) is 4.98 Å². The summed E-state index contributed by atoms with van der Waals surface area (Å²) >= 11 is 1.44. The average Bonchev–Trinajstić information content (AvgIpc) is 3.06. The molecule has 0 unspecified atom stereocenters. The van der Waals surface area contributed by atoms with Crippen molar-refractivity contribution < 1.29 is 31.8 Å². The highest BCUT2D eigenvalue weighted by Gasteiger charge is 2.41. The molecule has 0 amide bonds. The molecule has 1 fully saturated rings. The van der Waals surface area contributed by atoms with Gasteiger partial charge in [0.2, 0.25) is 5.82 Å². The molecule has 0 radical (unpaired) electrons. The van der Waals surface area contributed by atoms with Crippen molar-refractivity contribution in [2.24, 2.45) is 5.92 Å². The van der Waals surface area contributed by atoms with Crippen LogP contribution in [0.1, 0.15) is 35.9 Å². The number of nitrogens with zero attached hydrogens (tertiary/aromatic N) is 2. The molecule has 0 aliphatic carbocycles. The number of aromatic nitrogens is 1. The predicted octanol–water partition coefficient (Wildman–Crippen LogP) is 5.22. The Morgan fingerprint density at radius 2 is 1.94 bits per heavy atom. The van der Waals surface area contributed by atoms with Crippen molar-refractivity contribution >= 4 is 22.4 Å². The molecule has 5 nitrogen and oxygen atoms in total. The molecular formula is C21H24F4N2O3S. The van der Waals surface area contributed by atoms with Crippen LogP contribution in [0.15, 0.2) is 12.1 Å². The minimum absolute atomic E-state index is 0.0149. The fraction of sp³-hybridized carbons (Fsp3) is 0.524. The van der Waals surface area contributed by atoms with Gasteiger partial charge in [0.1, 0.15) is 0 Å². The zero-order valence-corrected chi connectivity index (χ0v) is 18.3. The van der Waals surface area contributed by atoms with Gasteiger partial charge >= 0.3 is 12.1 Å². The molecule has 1 saturated heterocycles. The fourth-order valence-electron chi connectivity index (χ4n) is 3.47. The van der Waals surface area contributed by atoms with E-state index in [1.165, 1.54) is 24.3 Å². The zero-order chi connectivity index (χ0) is 22.8. The molecule has 1 aliphatic rings. The number of esters is 1. The van der Waals surface area contributed by atoms with E-state index >= 15 is 0 Å². The van der Waals surface area contributed by atoms with E-state index in [0.717, 1.165) is 10.6 Å². The van der Waals surface area contributed by atoms with E-state index in [-0.39, 0.29) is 30.9 Å². The Hall–Kier alpha value is -2.36. The van der Waals surface area contributed by atoms with Gasteiger partial charge < -0.3 is 14.4 Å². The van der Waals surface area contributed by atoms with Gasteiger partial charge in [-0.2, -0.15) is 17.6 Å². The second-order valence-corrected chi connectivity index (χ2v) is 8.70. The first kappa shape index (κ1) is 23.3. The van der Waals surface area contributed by atoms with Crippen LogP contribution in [0.4, 0.5) is 22.7 Å². The van der Waals surface area contributed by atoms with Crippen LogP contribution < -0.4 is 14.4 Å². The minimum atomic E-state index is -4.15. The first-order valence-corrected chi connectivity index (χ1v) is 10.8. The molecule has 31 heavy (non-hydrogen) atoms. The third-order valence-corrected chi connectivity index (χ3v) is 6.28. The van der Waals surface area contributed by atoms with Gasteiger partial charge in [0.05, 0.1) is 18.2 Å². The number of hydrogen-bond donors (Lipinski definition) is 0. The van der Waals surface area contributed by atoms with Crippen LogP contribution in [-0.4, -0.2) is 36.8 Å². The maximum absolute atomic E-state index is 14.6. The lowest BCUT2D eigenvalue weighted by Gasteiger charge is -2.32. The van der Waals surface area contributed by atoms with Gasteiger partial charge in [0.25, 0.3) is 0 Å². The van der Waals surface area contributed by atoms with E-state index in [0.29, 0.717) is 30.2 Å². The molecule has 0 bridgehead atoms. The summed E-state index contributed by atoms with van der Waals surface area (Å²) in [4.78, 5) is 18.5. The van der Waals surface area contributed by atoms with Gasteiger partial charge in [0.15, 0.2) is 16.6 Å². The Morgan fingerprint density at radius 1 is 1.26 bits per heavy atom. The van der Waals surface area contributed by atoms with Gasteiger partial charge in [-0.05, 0) is 38.3 Å². The van der Waals surface area contributed by atoms with Crippen LogP contribution in [0.2, 0.25) is 0 Å². The number of piperidine rings is 1. The molecule has 0 atom stereocenters. The highest BCUT2D eigenvalue weighted by atomic mass is 32.1. The molecule has 2 aromatic rings. The number of benzene rings is 1. The maximum Gasteiger partial charge on any atom is 0.391 e. The summed E-state index contributed by atoms with van der Waals surface area (Å²) in [5, 5.41) is 0.701. The van der Waals surface area contributed by atoms with E-state index in [1.807, 2.05) is 11.8 Å². The monoisotopic (exact) mass is 460 g/mol. The Labute approximate surface area is 182 Å². The lowest BCUT2D eigenvalue weighted by Crippen LogP contribution is -2.38. The first-order chi connectivity index (χ1) is 14.6. The normalized spacial score (nSPS) is 15.3. The predicted molar refractivity (Wildman–Crippen MR) is 109 cm³/mol. The summed E-state index contributed by atoms with van der Waals surface area (Å²) in [6.45, 7) is 5.56. The minimum Gasteiger partial charge on any atom is -0.490 e. The number of aryl methyl sites for hydroxylation is 2. The number of anilines is 1. The van der Waals surface area contributed by atoms with Crippen molar-refractivity contribution in [3.05, 3.63) is 34.1 Å². The number of halogens is 4. The Kier molecular flexibility index (Phi) is 7.08. The summed E-state index contributed by atoms with van der Waals surface area (Å²) in [5.41, 5.74) is 1.34. The molecule has 1 aliphatic heterocycles. The van der Waals surface area contributed by atoms with E-state index in [9.17, 15) is 22.4 Å². The van der Waals surface area contributed by atoms with Gasteiger partial charge in [0, 0.05) is 31.3 Å². The van der Waals surface area contributed by atoms with Crippen LogP contribution in [0, 0.1) is 25.6 Å². The molecule has 1 aromatic carbocycles. The second-order valence-electron chi connectivity index (χ2n) is 7.52. The summed E-state index contributed by atoms with van der Waals surface area (Å²) in [6.07, 6.45) is -3.60. The van der Waals surface area contributed by atoms with Crippen molar-refractivity contribution in [1.82, 2.24) is 4.98 Å². The van der Waals surface area contributed by atoms with Gasteiger partial charge in [-0.1, -0.05) is 6.07 Å². The Morgan fingerprint density at radius 3 is 2.55 bits per heavy atom. The SMILES string of the molecule is CC(=O)Oc1ccc(C)c(OCCc2nc(N3CCC(C(F)(F)F)CC3)sc2C)c1F. The van der Waals surface area contributed by atoms with Crippen molar-refractivity contribution in [3.63, 3.8) is 0 Å². The number of ether oxygens (including phenoxy) is 2. The molecule has 3 rings (SSSR count). The molecule has 0 saturated carbocycles. The molecule has 1 aromatic heterocycles. The molecule has 0 N–H and O–H groups in total. The largest absolute Gasteiger partial charge is 0.490 e. The van der Waals surface area contributed by atoms with Crippen LogP contribution in [0.25, 0.3) is 0 Å². The maximum atomic E-state index is 14.6. The highest BCUT2D eigenvalue weighted by molar-refractivity contribution is 7.15. The summed E-state index contributed by atoms with van der Waals surface area (Å²) in [7, 11) is 0. The molecular weight excluding hydrogens is 436 g/mol. The van der Waals surface area contributed by atoms with Crippen LogP contribution in [-0.2, 0) is 11.2 Å². The number of carbonyl (C=O) groups is 1. The summed E-state index contributed by atoms with van der Waals surface area (Å²) < 4.78 is 63.6. The van der Waals surface area contributed by atoms with E-state index < -0.39 is 23.9 Å². The first-order valence-electron chi connectivity index (χ1n) is 9.94. The van der Waals surface area contributed by atoms with Crippen molar-refractivity contribution in [2.45, 2.75) is 46.2 Å². The van der Waals surface area contributed by atoms with Crippen LogP contribution >= 0.6 is 11.3 Å². The van der Waals surface area contributed by atoms with Crippen LogP contribution in [0.3, 0.4) is 0 Å².